The molecule has 2 N–H and O–H groups in total. The number of nitrogens with zero attached hydrogens (tertiary/aromatic N) is 5. The van der Waals surface area contributed by atoms with Gasteiger partial charge in [0.2, 0.25) is 11.8 Å². The van der Waals surface area contributed by atoms with Crippen molar-refractivity contribution in [2.75, 3.05) is 31.1 Å². The number of aromatic hydroxyl groups is 1. The number of nitrogens with one attached hydrogen (secondary N) is 1. The molecule has 0 bridgehead atoms. The lowest BCUT2D eigenvalue weighted by atomic mass is 10.1. The standard InChI is InChI=1S/C18H20N6O3S/c25-13(7-24-14(26)8-28-17(24)27)22-5-6-23(10-18(9-22)2-3-18)16-12-1-4-19-15(12)20-11-21-16/h1,4,8,11,26H,2-3,5-7,9-10H2,(H,19,20,21). The summed E-state index contributed by atoms with van der Waals surface area (Å²) in [5.41, 5.74) is 0.876. The van der Waals surface area contributed by atoms with Crippen molar-refractivity contribution in [3.05, 3.63) is 33.6 Å². The molecule has 1 saturated heterocycles. The number of rotatable bonds is 3. The molecule has 1 spiro atoms. The van der Waals surface area contributed by atoms with Crippen LogP contribution in [0.3, 0.4) is 0 Å². The Bertz CT molecular complexity index is 1100. The number of H-pyrrole nitrogens is 1. The van der Waals surface area contributed by atoms with Gasteiger partial charge in [0.15, 0.2) is 0 Å². The van der Waals surface area contributed by atoms with E-state index < -0.39 is 0 Å². The van der Waals surface area contributed by atoms with Crippen molar-refractivity contribution < 1.29 is 9.90 Å². The topological polar surface area (TPSA) is 107 Å². The fourth-order valence-electron chi connectivity index (χ4n) is 3.96. The maximum absolute atomic E-state index is 12.9. The average molecular weight is 400 g/mol. The summed E-state index contributed by atoms with van der Waals surface area (Å²) in [5, 5.41) is 12.1. The molecule has 2 aliphatic rings. The largest absolute Gasteiger partial charge is 0.494 e. The second-order valence-corrected chi connectivity index (χ2v) is 8.44. The van der Waals surface area contributed by atoms with Gasteiger partial charge in [0.25, 0.3) is 0 Å². The number of aromatic amines is 1. The first-order chi connectivity index (χ1) is 13.5. The molecule has 10 heteroatoms. The Hall–Kier alpha value is -2.88. The van der Waals surface area contributed by atoms with Crippen molar-refractivity contribution in [2.24, 2.45) is 5.41 Å². The summed E-state index contributed by atoms with van der Waals surface area (Å²) < 4.78 is 1.13. The Morgan fingerprint density at radius 2 is 2.14 bits per heavy atom. The highest BCUT2D eigenvalue weighted by Gasteiger charge is 2.48. The van der Waals surface area contributed by atoms with Crippen LogP contribution in [0.4, 0.5) is 5.82 Å². The second-order valence-electron chi connectivity index (χ2n) is 7.62. The van der Waals surface area contributed by atoms with E-state index in [4.69, 9.17) is 0 Å². The minimum Gasteiger partial charge on any atom is -0.494 e. The molecule has 3 aromatic rings. The van der Waals surface area contributed by atoms with Gasteiger partial charge in [0.05, 0.1) is 10.8 Å². The number of carbonyl (C=O) groups excluding carboxylic acids is 1. The van der Waals surface area contributed by atoms with Crippen LogP contribution in [0.25, 0.3) is 11.0 Å². The summed E-state index contributed by atoms with van der Waals surface area (Å²) in [7, 11) is 0. The molecule has 1 aliphatic carbocycles. The summed E-state index contributed by atoms with van der Waals surface area (Å²) in [6.07, 6.45) is 5.55. The molecule has 0 radical (unpaired) electrons. The van der Waals surface area contributed by atoms with Gasteiger partial charge < -0.3 is 19.9 Å². The van der Waals surface area contributed by atoms with E-state index >= 15 is 0 Å². The van der Waals surface area contributed by atoms with Crippen LogP contribution < -0.4 is 9.77 Å². The molecule has 9 nitrogen and oxygen atoms in total. The highest BCUT2D eigenvalue weighted by Crippen LogP contribution is 2.48. The molecule has 5 rings (SSSR count). The van der Waals surface area contributed by atoms with E-state index in [1.54, 1.807) is 6.33 Å². The maximum Gasteiger partial charge on any atom is 0.310 e. The fraction of sp³-hybridized carbons (Fsp3) is 0.444. The molecule has 4 heterocycles. The number of hydrogen-bond donors (Lipinski definition) is 2. The van der Waals surface area contributed by atoms with Crippen molar-refractivity contribution >= 4 is 34.1 Å². The zero-order valence-electron chi connectivity index (χ0n) is 15.2. The monoisotopic (exact) mass is 400 g/mol. The van der Waals surface area contributed by atoms with Gasteiger partial charge in [-0.1, -0.05) is 11.3 Å². The lowest BCUT2D eigenvalue weighted by Crippen LogP contribution is -2.39. The normalized spacial score (nSPS) is 18.6. The molecule has 2 fully saturated rings. The third-order valence-electron chi connectivity index (χ3n) is 5.69. The van der Waals surface area contributed by atoms with E-state index in [0.29, 0.717) is 19.6 Å². The van der Waals surface area contributed by atoms with Crippen molar-refractivity contribution in [2.45, 2.75) is 19.4 Å². The zero-order chi connectivity index (χ0) is 19.3. The Morgan fingerprint density at radius 3 is 2.89 bits per heavy atom. The van der Waals surface area contributed by atoms with Crippen LogP contribution in [0.5, 0.6) is 5.88 Å². The third kappa shape index (κ3) is 2.93. The number of thiazole rings is 1. The minimum absolute atomic E-state index is 0.0708. The molecular weight excluding hydrogens is 380 g/mol. The van der Waals surface area contributed by atoms with E-state index in [1.807, 2.05) is 17.2 Å². The van der Waals surface area contributed by atoms with Gasteiger partial charge in [0.1, 0.15) is 24.3 Å². The van der Waals surface area contributed by atoms with E-state index in [9.17, 15) is 14.7 Å². The van der Waals surface area contributed by atoms with E-state index in [-0.39, 0.29) is 28.6 Å². The summed E-state index contributed by atoms with van der Waals surface area (Å²) in [4.78, 5) is 40.3. The molecule has 0 aromatic carbocycles. The van der Waals surface area contributed by atoms with Crippen LogP contribution in [-0.2, 0) is 11.3 Å². The highest BCUT2D eigenvalue weighted by molar-refractivity contribution is 7.07. The SMILES string of the molecule is O=C(Cn1c(O)csc1=O)N1CCN(c2ncnc3[nH]ccc23)CC2(CC2)C1. The molecule has 0 unspecified atom stereocenters. The number of amides is 1. The van der Waals surface area contributed by atoms with Crippen LogP contribution in [0, 0.1) is 5.41 Å². The smallest absolute Gasteiger partial charge is 0.310 e. The number of fused-ring (bicyclic) bond motifs is 1. The van der Waals surface area contributed by atoms with Gasteiger partial charge in [0, 0.05) is 37.8 Å². The predicted octanol–water partition coefficient (Wildman–Crippen LogP) is 1.02. The van der Waals surface area contributed by atoms with Gasteiger partial charge >= 0.3 is 4.87 Å². The third-order valence-corrected chi connectivity index (χ3v) is 6.44. The molecule has 1 saturated carbocycles. The van der Waals surface area contributed by atoms with E-state index in [1.165, 1.54) is 5.38 Å². The van der Waals surface area contributed by atoms with Gasteiger partial charge in [-0.15, -0.1) is 0 Å². The molecule has 3 aromatic heterocycles. The Kier molecular flexibility index (Phi) is 3.90. The van der Waals surface area contributed by atoms with Crippen molar-refractivity contribution in [1.82, 2.24) is 24.4 Å². The molecule has 1 aliphatic heterocycles. The number of anilines is 1. The van der Waals surface area contributed by atoms with Crippen molar-refractivity contribution in [3.63, 3.8) is 0 Å². The van der Waals surface area contributed by atoms with Gasteiger partial charge in [-0.3, -0.25) is 14.2 Å². The Morgan fingerprint density at radius 1 is 1.29 bits per heavy atom. The second kappa shape index (κ2) is 6.33. The molecule has 146 valence electrons. The Labute approximate surface area is 164 Å². The minimum atomic E-state index is -0.320. The Balaban J connectivity index is 1.39. The lowest BCUT2D eigenvalue weighted by molar-refractivity contribution is -0.132. The summed E-state index contributed by atoms with van der Waals surface area (Å²) in [6, 6.07) is 1.98. The predicted molar refractivity (Wildman–Crippen MR) is 105 cm³/mol. The highest BCUT2D eigenvalue weighted by atomic mass is 32.1. The van der Waals surface area contributed by atoms with Crippen LogP contribution in [0.15, 0.2) is 28.8 Å². The fourth-order valence-corrected chi connectivity index (χ4v) is 4.58. The van der Waals surface area contributed by atoms with E-state index in [0.717, 1.165) is 52.1 Å². The lowest BCUT2D eigenvalue weighted by Gasteiger charge is -2.25. The number of carbonyl (C=O) groups is 1. The van der Waals surface area contributed by atoms with Crippen LogP contribution >= 0.6 is 11.3 Å². The first kappa shape index (κ1) is 17.2. The summed E-state index contributed by atoms with van der Waals surface area (Å²) >= 11 is 0.897. The summed E-state index contributed by atoms with van der Waals surface area (Å²) in [6.45, 7) is 2.60. The van der Waals surface area contributed by atoms with Crippen LogP contribution in [-0.4, -0.2) is 61.6 Å². The first-order valence-electron chi connectivity index (χ1n) is 9.23. The molecule has 28 heavy (non-hydrogen) atoms. The van der Waals surface area contributed by atoms with Crippen LogP contribution in [0.1, 0.15) is 12.8 Å². The van der Waals surface area contributed by atoms with Crippen molar-refractivity contribution in [1.29, 1.82) is 0 Å². The first-order valence-corrected chi connectivity index (χ1v) is 10.1. The average Bonchev–Trinajstić information content (AvgIpc) is 3.22. The molecule has 1 amide bonds. The zero-order valence-corrected chi connectivity index (χ0v) is 16.0. The van der Waals surface area contributed by atoms with E-state index in [2.05, 4.69) is 19.9 Å². The van der Waals surface area contributed by atoms with Crippen LogP contribution in [0.2, 0.25) is 0 Å². The number of hydrogen-bond acceptors (Lipinski definition) is 7. The van der Waals surface area contributed by atoms with Crippen molar-refractivity contribution in [3.8, 4) is 5.88 Å². The van der Waals surface area contributed by atoms with Gasteiger partial charge in [-0.25, -0.2) is 9.97 Å². The number of aromatic nitrogens is 4. The quantitative estimate of drug-likeness (QED) is 0.680. The van der Waals surface area contributed by atoms with Gasteiger partial charge in [-0.05, 0) is 18.9 Å². The summed E-state index contributed by atoms with van der Waals surface area (Å²) in [5.74, 6) is 0.591. The molecule has 0 atom stereocenters. The maximum atomic E-state index is 12.9. The van der Waals surface area contributed by atoms with Gasteiger partial charge in [-0.2, -0.15) is 0 Å². The molecular formula is C18H20N6O3S.